The Morgan fingerprint density at radius 2 is 1.00 bits per heavy atom. The van der Waals surface area contributed by atoms with Crippen molar-refractivity contribution < 1.29 is 59.0 Å². The third-order valence-electron chi connectivity index (χ3n) is 11.0. The summed E-state index contributed by atoms with van der Waals surface area (Å²) in [6, 6.07) is -1.26. The third kappa shape index (κ3) is 27.2. The van der Waals surface area contributed by atoms with E-state index in [-0.39, 0.29) is 6.42 Å². The molecule has 0 spiro atoms. The first-order chi connectivity index (χ1) is 28.3. The van der Waals surface area contributed by atoms with Crippen molar-refractivity contribution in [2.24, 2.45) is 0 Å². The van der Waals surface area contributed by atoms with Crippen molar-refractivity contribution in [3.63, 3.8) is 0 Å². The van der Waals surface area contributed by atoms with Crippen molar-refractivity contribution in [1.82, 2.24) is 5.32 Å². The Morgan fingerprint density at radius 1 is 0.593 bits per heavy atom. The molecular weight excluding hydrogens is 777 g/mol. The summed E-state index contributed by atoms with van der Waals surface area (Å²) in [4.78, 5) is 23.4. The first-order valence-corrected chi connectivity index (χ1v) is 24.5. The number of hydrogen-bond acceptors (Lipinski definition) is 11. The van der Waals surface area contributed by atoms with Gasteiger partial charge in [-0.05, 0) is 44.9 Å². The van der Waals surface area contributed by atoms with Crippen molar-refractivity contribution >= 4 is 13.7 Å². The fourth-order valence-corrected chi connectivity index (χ4v) is 8.12. The van der Waals surface area contributed by atoms with E-state index in [9.17, 15) is 50.0 Å². The molecule has 0 aromatic rings. The summed E-state index contributed by atoms with van der Waals surface area (Å²) < 4.78 is 22.8. The van der Waals surface area contributed by atoms with E-state index < -0.39 is 75.2 Å². The van der Waals surface area contributed by atoms with E-state index in [0.717, 1.165) is 44.9 Å². The Balaban J connectivity index is 2.61. The summed E-state index contributed by atoms with van der Waals surface area (Å²) in [7, 11) is -5.15. The highest BCUT2D eigenvalue weighted by molar-refractivity contribution is 7.47. The fourth-order valence-electron chi connectivity index (χ4n) is 7.15. The maximum Gasteiger partial charge on any atom is 0.472 e. The molecule has 1 rings (SSSR count). The molecule has 9 N–H and O–H groups in total. The van der Waals surface area contributed by atoms with Crippen molar-refractivity contribution in [2.45, 2.75) is 236 Å². The molecule has 14 heteroatoms. The van der Waals surface area contributed by atoms with Gasteiger partial charge in [0.05, 0.1) is 31.3 Å². The number of carbonyl (C=O) groups is 1. The Kier molecular flexibility index (Phi) is 33.0. The zero-order valence-corrected chi connectivity index (χ0v) is 37.3. The van der Waals surface area contributed by atoms with Gasteiger partial charge in [0.25, 0.3) is 0 Å². The highest BCUT2D eigenvalue weighted by Gasteiger charge is 2.51. The molecule has 0 radical (unpaired) electrons. The number of nitrogens with one attached hydrogen (secondary N) is 1. The molecule has 13 nitrogen and oxygen atoms in total. The number of aliphatic hydroxyl groups is 7. The van der Waals surface area contributed by atoms with E-state index >= 15 is 0 Å². The zero-order valence-electron chi connectivity index (χ0n) is 36.4. The first-order valence-electron chi connectivity index (χ1n) is 23.0. The number of rotatable bonds is 37. The number of carbonyl (C=O) groups excluding carboxylic acids is 1. The zero-order chi connectivity index (χ0) is 43.7. The summed E-state index contributed by atoms with van der Waals surface area (Å²) in [6.07, 6.45) is 25.2. The van der Waals surface area contributed by atoms with Gasteiger partial charge in [-0.25, -0.2) is 4.57 Å². The molecule has 8 unspecified atom stereocenters. The van der Waals surface area contributed by atoms with Crippen LogP contribution in [0.1, 0.15) is 181 Å². The van der Waals surface area contributed by atoms with E-state index in [0.29, 0.717) is 19.3 Å². The van der Waals surface area contributed by atoms with E-state index in [4.69, 9.17) is 9.05 Å². The molecule has 1 saturated carbocycles. The molecule has 0 bridgehead atoms. The topological polar surface area (TPSA) is 226 Å². The van der Waals surface area contributed by atoms with Crippen molar-refractivity contribution in [3.8, 4) is 0 Å². The Morgan fingerprint density at radius 3 is 1.49 bits per heavy atom. The SMILES string of the molecule is CCCCCCCCC/C=C/CC/C=C/CC/C=C/C(O)C(COP(=O)(O)OC1C(O)C(O)C(O)C(O)C1O)NC(=O)CC(O)CCCCCCCCCCCCCC. The average molecular weight is 862 g/mol. The largest absolute Gasteiger partial charge is 0.472 e. The molecule has 1 fully saturated rings. The molecule has 0 saturated heterocycles. The number of unbranched alkanes of at least 4 members (excludes halogenated alkanes) is 20. The van der Waals surface area contributed by atoms with Crippen LogP contribution < -0.4 is 5.32 Å². The lowest BCUT2D eigenvalue weighted by atomic mass is 9.85. The second-order valence-electron chi connectivity index (χ2n) is 16.4. The predicted octanol–water partition coefficient (Wildman–Crippen LogP) is 7.36. The molecule has 59 heavy (non-hydrogen) atoms. The van der Waals surface area contributed by atoms with Crippen LogP contribution in [-0.4, -0.2) is 108 Å². The van der Waals surface area contributed by atoms with E-state index in [1.54, 1.807) is 6.08 Å². The number of aliphatic hydroxyl groups excluding tert-OH is 7. The lowest BCUT2D eigenvalue weighted by Crippen LogP contribution is -2.64. The standard InChI is InChI=1S/C45H84NO12P/c1-3-5-7-9-11-13-15-17-18-19-20-21-23-25-27-29-31-33-38(48)37(35-57-59(55,56)58-45-43(53)41(51)40(50)42(52)44(45)54)46-39(49)34-36(47)32-30-28-26-24-22-16-14-12-10-8-6-4-2/h18-19,23,25,31,33,36-38,40-45,47-48,50-54H,3-17,20-22,24,26-30,32,34-35H2,1-2H3,(H,46,49)(H,55,56)/b19-18+,25-23+,33-31+. The Labute approximate surface area is 356 Å². The summed E-state index contributed by atoms with van der Waals surface area (Å²) >= 11 is 0. The molecule has 1 amide bonds. The third-order valence-corrected chi connectivity index (χ3v) is 11.9. The lowest BCUT2D eigenvalue weighted by molar-refractivity contribution is -0.220. The molecule has 8 atom stereocenters. The van der Waals surface area contributed by atoms with Crippen LogP contribution in [0.3, 0.4) is 0 Å². The molecular formula is C45H84NO12P. The van der Waals surface area contributed by atoms with E-state index in [2.05, 4.69) is 43.5 Å². The van der Waals surface area contributed by atoms with Gasteiger partial charge >= 0.3 is 7.82 Å². The van der Waals surface area contributed by atoms with Crippen LogP contribution >= 0.6 is 7.82 Å². The molecule has 0 heterocycles. The molecule has 0 aromatic carbocycles. The van der Waals surface area contributed by atoms with Gasteiger partial charge in [-0.1, -0.05) is 166 Å². The highest BCUT2D eigenvalue weighted by atomic mass is 31.2. The summed E-state index contributed by atoms with van der Waals surface area (Å²) in [5.41, 5.74) is 0. The minimum atomic E-state index is -5.15. The van der Waals surface area contributed by atoms with Crippen LogP contribution in [0.15, 0.2) is 36.5 Å². The number of phosphoric acid groups is 1. The van der Waals surface area contributed by atoms with E-state index in [1.807, 2.05) is 0 Å². The summed E-state index contributed by atoms with van der Waals surface area (Å²) in [5.74, 6) is -0.607. The van der Waals surface area contributed by atoms with Crippen molar-refractivity contribution in [1.29, 1.82) is 0 Å². The van der Waals surface area contributed by atoms with Gasteiger partial charge in [0.1, 0.15) is 36.6 Å². The Bertz CT molecular complexity index is 1160. The second-order valence-corrected chi connectivity index (χ2v) is 17.8. The van der Waals surface area contributed by atoms with Crippen LogP contribution in [0, 0.1) is 0 Å². The average Bonchev–Trinajstić information content (AvgIpc) is 3.21. The van der Waals surface area contributed by atoms with Gasteiger partial charge in [0.15, 0.2) is 0 Å². The normalized spacial score (nSPS) is 23.9. The molecule has 0 aromatic heterocycles. The molecule has 1 aliphatic rings. The van der Waals surface area contributed by atoms with Gasteiger partial charge in [-0.15, -0.1) is 0 Å². The number of allylic oxidation sites excluding steroid dienone is 5. The van der Waals surface area contributed by atoms with E-state index in [1.165, 1.54) is 102 Å². The van der Waals surface area contributed by atoms with Crippen LogP contribution in [-0.2, 0) is 18.4 Å². The molecule has 1 aliphatic carbocycles. The van der Waals surface area contributed by atoms with Gasteiger partial charge in [-0.2, -0.15) is 0 Å². The maximum atomic E-state index is 13.0. The smallest absolute Gasteiger partial charge is 0.393 e. The van der Waals surface area contributed by atoms with Gasteiger partial charge in [0.2, 0.25) is 5.91 Å². The highest BCUT2D eigenvalue weighted by Crippen LogP contribution is 2.47. The quantitative estimate of drug-likeness (QED) is 0.0170. The molecule has 0 aliphatic heterocycles. The van der Waals surface area contributed by atoms with Crippen LogP contribution in [0.25, 0.3) is 0 Å². The number of hydrogen-bond donors (Lipinski definition) is 9. The van der Waals surface area contributed by atoms with Gasteiger partial charge in [0, 0.05) is 0 Å². The number of amides is 1. The fraction of sp³-hybridized carbons (Fsp3) is 0.844. The maximum absolute atomic E-state index is 13.0. The Hall–Kier alpha value is -1.48. The van der Waals surface area contributed by atoms with Crippen LogP contribution in [0.2, 0.25) is 0 Å². The predicted molar refractivity (Wildman–Crippen MR) is 233 cm³/mol. The summed E-state index contributed by atoms with van der Waals surface area (Å²) in [5, 5.41) is 74.3. The van der Waals surface area contributed by atoms with Crippen molar-refractivity contribution in [2.75, 3.05) is 6.61 Å². The monoisotopic (exact) mass is 862 g/mol. The minimum Gasteiger partial charge on any atom is -0.393 e. The van der Waals surface area contributed by atoms with Crippen LogP contribution in [0.5, 0.6) is 0 Å². The van der Waals surface area contributed by atoms with Gasteiger partial charge in [-0.3, -0.25) is 13.8 Å². The molecule has 346 valence electrons. The van der Waals surface area contributed by atoms with Crippen molar-refractivity contribution in [3.05, 3.63) is 36.5 Å². The summed E-state index contributed by atoms with van der Waals surface area (Å²) in [6.45, 7) is 3.70. The van der Waals surface area contributed by atoms with Crippen LogP contribution in [0.4, 0.5) is 0 Å². The minimum absolute atomic E-state index is 0.254. The number of phosphoric ester groups is 1. The second kappa shape index (κ2) is 35.0. The van der Waals surface area contributed by atoms with Gasteiger partial charge < -0.3 is 46.0 Å². The first kappa shape index (κ1) is 55.5. The lowest BCUT2D eigenvalue weighted by Gasteiger charge is -2.41.